The number of piperazine rings is 1. The van der Waals surface area contributed by atoms with E-state index in [1.54, 1.807) is 18.0 Å². The van der Waals surface area contributed by atoms with Gasteiger partial charge in [-0.1, -0.05) is 29.3 Å². The molecule has 2 aromatic rings. The normalized spacial score (nSPS) is 14.7. The van der Waals surface area contributed by atoms with Gasteiger partial charge in [0.15, 0.2) is 0 Å². The average Bonchev–Trinajstić information content (AvgIpc) is 2.63. The van der Waals surface area contributed by atoms with E-state index in [4.69, 9.17) is 11.6 Å². The lowest BCUT2D eigenvalue weighted by atomic mass is 10.2. The molecule has 6 heteroatoms. The predicted molar refractivity (Wildman–Crippen MR) is 105 cm³/mol. The summed E-state index contributed by atoms with van der Waals surface area (Å²) in [5, 5.41) is 0.640. The highest BCUT2D eigenvalue weighted by molar-refractivity contribution is 8.00. The van der Waals surface area contributed by atoms with Gasteiger partial charge in [-0.25, -0.2) is 4.98 Å². The summed E-state index contributed by atoms with van der Waals surface area (Å²) in [4.78, 5) is 22.2. The second kappa shape index (κ2) is 8.11. The molecular formula is C19H22ClN3OS. The summed E-state index contributed by atoms with van der Waals surface area (Å²) in [5.41, 5.74) is 2.45. The minimum Gasteiger partial charge on any atom is -0.353 e. The highest BCUT2D eigenvalue weighted by atomic mass is 35.5. The van der Waals surface area contributed by atoms with Crippen LogP contribution in [-0.4, -0.2) is 47.7 Å². The summed E-state index contributed by atoms with van der Waals surface area (Å²) in [5.74, 6) is 1.61. The summed E-state index contributed by atoms with van der Waals surface area (Å²) in [6, 6.07) is 10.1. The number of benzene rings is 1. The van der Waals surface area contributed by atoms with Crippen LogP contribution in [-0.2, 0) is 4.79 Å². The van der Waals surface area contributed by atoms with Gasteiger partial charge >= 0.3 is 0 Å². The van der Waals surface area contributed by atoms with Crippen molar-refractivity contribution in [3.8, 4) is 0 Å². The van der Waals surface area contributed by atoms with Crippen molar-refractivity contribution < 1.29 is 4.79 Å². The Kier molecular flexibility index (Phi) is 5.86. The molecule has 0 radical (unpaired) electrons. The average molecular weight is 376 g/mol. The molecule has 4 nitrogen and oxygen atoms in total. The fourth-order valence-electron chi connectivity index (χ4n) is 2.83. The standard InChI is InChI=1S/C19H22ClN3OS/c1-14-3-4-15(2)17(11-14)25-13-19(24)23-9-7-22(8-10-23)18-6-5-16(20)12-21-18/h3-6,11-12H,7-10,13H2,1-2H3. The number of aryl methyl sites for hydroxylation is 2. The monoisotopic (exact) mass is 375 g/mol. The number of amides is 1. The number of anilines is 1. The lowest BCUT2D eigenvalue weighted by Gasteiger charge is -2.35. The maximum absolute atomic E-state index is 12.5. The van der Waals surface area contributed by atoms with Crippen molar-refractivity contribution in [2.24, 2.45) is 0 Å². The molecule has 1 amide bonds. The minimum absolute atomic E-state index is 0.203. The van der Waals surface area contributed by atoms with Crippen molar-refractivity contribution in [1.82, 2.24) is 9.88 Å². The zero-order valence-electron chi connectivity index (χ0n) is 14.5. The van der Waals surface area contributed by atoms with Crippen LogP contribution >= 0.6 is 23.4 Å². The van der Waals surface area contributed by atoms with Crippen LogP contribution in [0.3, 0.4) is 0 Å². The van der Waals surface area contributed by atoms with Crippen molar-refractivity contribution in [3.63, 3.8) is 0 Å². The first-order chi connectivity index (χ1) is 12.0. The molecule has 1 fully saturated rings. The molecule has 132 valence electrons. The molecule has 1 aliphatic rings. The smallest absolute Gasteiger partial charge is 0.233 e. The number of rotatable bonds is 4. The summed E-state index contributed by atoms with van der Waals surface area (Å²) in [6.07, 6.45) is 1.66. The lowest BCUT2D eigenvalue weighted by molar-refractivity contribution is -0.128. The van der Waals surface area contributed by atoms with Crippen molar-refractivity contribution in [2.75, 3.05) is 36.8 Å². The Bertz CT molecular complexity index is 743. The Hall–Kier alpha value is -1.72. The molecule has 0 atom stereocenters. The van der Waals surface area contributed by atoms with Gasteiger partial charge in [-0.2, -0.15) is 0 Å². The van der Waals surface area contributed by atoms with Crippen molar-refractivity contribution >= 4 is 35.1 Å². The molecule has 0 aliphatic carbocycles. The molecule has 0 bridgehead atoms. The maximum atomic E-state index is 12.5. The lowest BCUT2D eigenvalue weighted by Crippen LogP contribution is -2.49. The Morgan fingerprint density at radius 1 is 1.16 bits per heavy atom. The number of aromatic nitrogens is 1. The van der Waals surface area contributed by atoms with Gasteiger partial charge in [0.2, 0.25) is 5.91 Å². The minimum atomic E-state index is 0.203. The molecule has 0 N–H and O–H groups in total. The van der Waals surface area contributed by atoms with Gasteiger partial charge < -0.3 is 9.80 Å². The zero-order valence-corrected chi connectivity index (χ0v) is 16.1. The second-order valence-electron chi connectivity index (χ2n) is 6.26. The topological polar surface area (TPSA) is 36.4 Å². The number of pyridine rings is 1. The van der Waals surface area contributed by atoms with E-state index < -0.39 is 0 Å². The van der Waals surface area contributed by atoms with Crippen LogP contribution in [0.2, 0.25) is 5.02 Å². The van der Waals surface area contributed by atoms with Gasteiger partial charge in [-0.3, -0.25) is 4.79 Å². The SMILES string of the molecule is Cc1ccc(C)c(SCC(=O)N2CCN(c3ccc(Cl)cn3)CC2)c1. The molecule has 0 spiro atoms. The number of carbonyl (C=O) groups is 1. The zero-order chi connectivity index (χ0) is 17.8. The van der Waals surface area contributed by atoms with Gasteiger partial charge in [0.05, 0.1) is 10.8 Å². The fourth-order valence-corrected chi connectivity index (χ4v) is 3.97. The van der Waals surface area contributed by atoms with Gasteiger partial charge in [-0.15, -0.1) is 11.8 Å². The predicted octanol–water partition coefficient (Wildman–Crippen LogP) is 3.79. The van der Waals surface area contributed by atoms with Crippen molar-refractivity contribution in [3.05, 3.63) is 52.7 Å². The van der Waals surface area contributed by atoms with Gasteiger partial charge in [0, 0.05) is 37.3 Å². The summed E-state index contributed by atoms with van der Waals surface area (Å²) < 4.78 is 0. The molecule has 1 aromatic heterocycles. The molecule has 3 rings (SSSR count). The van der Waals surface area contributed by atoms with Crippen LogP contribution in [0.5, 0.6) is 0 Å². The summed E-state index contributed by atoms with van der Waals surface area (Å²) in [7, 11) is 0. The van der Waals surface area contributed by atoms with Crippen molar-refractivity contribution in [1.29, 1.82) is 0 Å². The third-order valence-electron chi connectivity index (χ3n) is 4.36. The van der Waals surface area contributed by atoms with E-state index >= 15 is 0 Å². The van der Waals surface area contributed by atoms with E-state index in [0.717, 1.165) is 32.0 Å². The summed E-state index contributed by atoms with van der Waals surface area (Å²) in [6.45, 7) is 7.23. The number of nitrogens with zero attached hydrogens (tertiary/aromatic N) is 3. The molecule has 1 saturated heterocycles. The number of hydrogen-bond donors (Lipinski definition) is 0. The van der Waals surface area contributed by atoms with Gasteiger partial charge in [0.25, 0.3) is 0 Å². The molecule has 25 heavy (non-hydrogen) atoms. The Balaban J connectivity index is 1.51. The van der Waals surface area contributed by atoms with Crippen LogP contribution in [0.1, 0.15) is 11.1 Å². The number of thioether (sulfide) groups is 1. The van der Waals surface area contributed by atoms with Crippen LogP contribution in [0, 0.1) is 13.8 Å². The van der Waals surface area contributed by atoms with Gasteiger partial charge in [-0.05, 0) is 37.6 Å². The fraction of sp³-hybridized carbons (Fsp3) is 0.368. The van der Waals surface area contributed by atoms with E-state index in [0.29, 0.717) is 10.8 Å². The van der Waals surface area contributed by atoms with Gasteiger partial charge in [0.1, 0.15) is 5.82 Å². The third kappa shape index (κ3) is 4.67. The molecule has 0 unspecified atom stereocenters. The number of hydrogen-bond acceptors (Lipinski definition) is 4. The summed E-state index contributed by atoms with van der Waals surface area (Å²) >= 11 is 7.52. The maximum Gasteiger partial charge on any atom is 0.233 e. The number of halogens is 1. The Labute approximate surface area is 158 Å². The Morgan fingerprint density at radius 2 is 1.92 bits per heavy atom. The quantitative estimate of drug-likeness (QED) is 0.762. The highest BCUT2D eigenvalue weighted by Crippen LogP contribution is 2.24. The number of carbonyl (C=O) groups excluding carboxylic acids is 1. The van der Waals surface area contributed by atoms with Crippen LogP contribution in [0.25, 0.3) is 0 Å². The third-order valence-corrected chi connectivity index (χ3v) is 5.73. The first-order valence-electron chi connectivity index (χ1n) is 8.37. The van der Waals surface area contributed by atoms with E-state index in [2.05, 4.69) is 41.9 Å². The Morgan fingerprint density at radius 3 is 2.60 bits per heavy atom. The van der Waals surface area contributed by atoms with E-state index in [9.17, 15) is 4.79 Å². The molecule has 1 aromatic carbocycles. The first kappa shape index (κ1) is 18.1. The van der Waals surface area contributed by atoms with Crippen LogP contribution in [0.15, 0.2) is 41.4 Å². The first-order valence-corrected chi connectivity index (χ1v) is 9.73. The van der Waals surface area contributed by atoms with Crippen LogP contribution < -0.4 is 4.90 Å². The molecule has 1 aliphatic heterocycles. The van der Waals surface area contributed by atoms with E-state index in [-0.39, 0.29) is 5.91 Å². The highest BCUT2D eigenvalue weighted by Gasteiger charge is 2.22. The van der Waals surface area contributed by atoms with Crippen molar-refractivity contribution in [2.45, 2.75) is 18.7 Å². The van der Waals surface area contributed by atoms with E-state index in [1.165, 1.54) is 16.0 Å². The molecular weight excluding hydrogens is 354 g/mol. The molecule has 2 heterocycles. The van der Waals surface area contributed by atoms with Crippen LogP contribution in [0.4, 0.5) is 5.82 Å². The second-order valence-corrected chi connectivity index (χ2v) is 7.71. The van der Waals surface area contributed by atoms with E-state index in [1.807, 2.05) is 17.0 Å². The molecule has 0 saturated carbocycles. The largest absolute Gasteiger partial charge is 0.353 e.